The van der Waals surface area contributed by atoms with Gasteiger partial charge in [0.15, 0.2) is 0 Å². The van der Waals surface area contributed by atoms with Crippen LogP contribution in [0, 0.1) is 0 Å². The van der Waals surface area contributed by atoms with Crippen molar-refractivity contribution in [1.29, 1.82) is 0 Å². The maximum Gasteiger partial charge on any atom is 0.254 e. The molecule has 0 saturated carbocycles. The van der Waals surface area contributed by atoms with Crippen LogP contribution in [-0.2, 0) is 14.8 Å². The normalized spacial score (nSPS) is 13.8. The molecule has 0 aliphatic carbocycles. The van der Waals surface area contributed by atoms with Gasteiger partial charge in [-0.25, -0.2) is 18.1 Å². The Kier molecular flexibility index (Phi) is 8.59. The molecule has 1 aliphatic rings. The van der Waals surface area contributed by atoms with Crippen molar-refractivity contribution in [3.63, 3.8) is 0 Å². The van der Waals surface area contributed by atoms with Crippen molar-refractivity contribution in [3.8, 4) is 5.75 Å². The minimum Gasteiger partial charge on any atom is -0.492 e. The molecule has 1 aromatic heterocycles. The van der Waals surface area contributed by atoms with Crippen molar-refractivity contribution in [2.24, 2.45) is 0 Å². The summed E-state index contributed by atoms with van der Waals surface area (Å²) in [6.07, 6.45) is 1.55. The van der Waals surface area contributed by atoms with Crippen LogP contribution in [0.15, 0.2) is 58.0 Å². The first-order chi connectivity index (χ1) is 17.8. The minimum absolute atomic E-state index is 0.0803. The fourth-order valence-corrected chi connectivity index (χ4v) is 4.84. The van der Waals surface area contributed by atoms with E-state index in [9.17, 15) is 13.2 Å². The molecular formula is C24H27BrN6O5S. The first-order valence-electron chi connectivity index (χ1n) is 11.6. The zero-order valence-electron chi connectivity index (χ0n) is 20.3. The van der Waals surface area contributed by atoms with E-state index in [1.165, 1.54) is 13.1 Å². The zero-order chi connectivity index (χ0) is 26.4. The monoisotopic (exact) mass is 590 g/mol. The lowest BCUT2D eigenvalue weighted by Gasteiger charge is -2.27. The van der Waals surface area contributed by atoms with Crippen LogP contribution >= 0.6 is 15.9 Å². The Balaban J connectivity index is 1.59. The third kappa shape index (κ3) is 6.36. The molecule has 37 heavy (non-hydrogen) atoms. The van der Waals surface area contributed by atoms with E-state index in [1.807, 2.05) is 6.92 Å². The van der Waals surface area contributed by atoms with Gasteiger partial charge in [0.2, 0.25) is 16.0 Å². The molecule has 196 valence electrons. The number of amides is 1. The highest BCUT2D eigenvalue weighted by atomic mass is 79.9. The molecule has 0 radical (unpaired) electrons. The van der Waals surface area contributed by atoms with Gasteiger partial charge in [0.25, 0.3) is 5.91 Å². The van der Waals surface area contributed by atoms with Crippen molar-refractivity contribution >= 4 is 55.0 Å². The summed E-state index contributed by atoms with van der Waals surface area (Å²) in [6.45, 7) is 4.39. The van der Waals surface area contributed by atoms with E-state index < -0.39 is 10.0 Å². The largest absolute Gasteiger partial charge is 0.492 e. The van der Waals surface area contributed by atoms with Gasteiger partial charge in [-0.05, 0) is 60.2 Å². The van der Waals surface area contributed by atoms with Crippen LogP contribution in [0.25, 0.3) is 0 Å². The predicted octanol–water partition coefficient (Wildman–Crippen LogP) is 3.51. The van der Waals surface area contributed by atoms with E-state index in [0.717, 1.165) is 0 Å². The fourth-order valence-electron chi connectivity index (χ4n) is 3.66. The second kappa shape index (κ2) is 11.9. The van der Waals surface area contributed by atoms with Gasteiger partial charge in [0.05, 0.1) is 35.7 Å². The first kappa shape index (κ1) is 26.8. The van der Waals surface area contributed by atoms with Crippen LogP contribution in [0.3, 0.4) is 0 Å². The van der Waals surface area contributed by atoms with Crippen LogP contribution in [0.2, 0.25) is 0 Å². The summed E-state index contributed by atoms with van der Waals surface area (Å²) in [5.74, 6) is 0.992. The highest BCUT2D eigenvalue weighted by Gasteiger charge is 2.21. The van der Waals surface area contributed by atoms with E-state index in [4.69, 9.17) is 9.47 Å². The summed E-state index contributed by atoms with van der Waals surface area (Å²) in [4.78, 5) is 23.6. The quantitative estimate of drug-likeness (QED) is 0.342. The Morgan fingerprint density at radius 3 is 2.62 bits per heavy atom. The molecule has 0 unspecified atom stereocenters. The van der Waals surface area contributed by atoms with Crippen molar-refractivity contribution in [2.45, 2.75) is 11.8 Å². The van der Waals surface area contributed by atoms with E-state index in [1.54, 1.807) is 47.5 Å². The van der Waals surface area contributed by atoms with Gasteiger partial charge in [-0.15, -0.1) is 0 Å². The highest BCUT2D eigenvalue weighted by Crippen LogP contribution is 2.32. The molecule has 3 N–H and O–H groups in total. The Labute approximate surface area is 223 Å². The van der Waals surface area contributed by atoms with Crippen LogP contribution in [0.1, 0.15) is 17.3 Å². The molecule has 0 atom stereocenters. The summed E-state index contributed by atoms with van der Waals surface area (Å²) in [7, 11) is -2.34. The van der Waals surface area contributed by atoms with Gasteiger partial charge >= 0.3 is 0 Å². The number of carbonyl (C=O) groups excluding carboxylic acids is 1. The maximum atomic E-state index is 12.9. The second-order valence-electron chi connectivity index (χ2n) is 7.89. The van der Waals surface area contributed by atoms with Crippen LogP contribution in [0.4, 0.5) is 23.1 Å². The van der Waals surface area contributed by atoms with Crippen molar-refractivity contribution in [2.75, 3.05) is 50.6 Å². The Bertz CT molecular complexity index is 1380. The van der Waals surface area contributed by atoms with E-state index in [0.29, 0.717) is 65.9 Å². The number of rotatable bonds is 9. The van der Waals surface area contributed by atoms with Crippen LogP contribution in [0.5, 0.6) is 5.75 Å². The molecule has 1 amide bonds. The molecule has 1 saturated heterocycles. The van der Waals surface area contributed by atoms with Crippen LogP contribution < -0.4 is 20.1 Å². The van der Waals surface area contributed by atoms with E-state index >= 15 is 0 Å². The van der Waals surface area contributed by atoms with Gasteiger partial charge in [0, 0.05) is 24.8 Å². The predicted molar refractivity (Wildman–Crippen MR) is 143 cm³/mol. The van der Waals surface area contributed by atoms with Crippen molar-refractivity contribution in [3.05, 3.63) is 58.7 Å². The number of benzene rings is 2. The number of morpholine rings is 1. The van der Waals surface area contributed by atoms with Gasteiger partial charge in [0.1, 0.15) is 16.5 Å². The number of nitrogens with zero attached hydrogens (tertiary/aromatic N) is 3. The number of anilines is 4. The topological polar surface area (TPSA) is 135 Å². The molecule has 2 heterocycles. The summed E-state index contributed by atoms with van der Waals surface area (Å²) < 4.78 is 38.8. The Morgan fingerprint density at radius 2 is 1.89 bits per heavy atom. The second-order valence-corrected chi connectivity index (χ2v) is 10.6. The van der Waals surface area contributed by atoms with Gasteiger partial charge < -0.3 is 25.0 Å². The molecule has 2 aromatic carbocycles. The molecule has 13 heteroatoms. The molecule has 0 bridgehead atoms. The number of nitrogens with one attached hydrogen (secondary N) is 3. The molecule has 4 rings (SSSR count). The average Bonchev–Trinajstić information content (AvgIpc) is 2.92. The molecule has 3 aromatic rings. The average molecular weight is 591 g/mol. The highest BCUT2D eigenvalue weighted by molar-refractivity contribution is 9.10. The number of sulfonamides is 1. The summed E-state index contributed by atoms with van der Waals surface area (Å²) in [5, 5.41) is 6.19. The standard InChI is InChI=1S/C24H27BrN6O5S/c1-3-36-20-14-16(23(32)31-10-12-35-13-11-31)8-9-18(20)29-24-27-15-17(25)22(30-24)28-19-6-4-5-7-21(19)37(33,34)26-2/h4-9,14-15,26H,3,10-13H2,1-2H3,(H2,27,28,29,30). The molecular weight excluding hydrogens is 564 g/mol. The summed E-state index contributed by atoms with van der Waals surface area (Å²) in [6, 6.07) is 11.7. The Hall–Kier alpha value is -3.26. The van der Waals surface area contributed by atoms with Gasteiger partial charge in [-0.1, -0.05) is 12.1 Å². The third-order valence-electron chi connectivity index (χ3n) is 5.52. The zero-order valence-corrected chi connectivity index (χ0v) is 22.7. The number of para-hydroxylation sites is 1. The van der Waals surface area contributed by atoms with Gasteiger partial charge in [-0.2, -0.15) is 4.98 Å². The smallest absolute Gasteiger partial charge is 0.254 e. The van der Waals surface area contributed by atoms with Crippen LogP contribution in [-0.4, -0.2) is 69.2 Å². The minimum atomic E-state index is -3.69. The fraction of sp³-hybridized carbons (Fsp3) is 0.292. The van der Waals surface area contributed by atoms with E-state index in [-0.39, 0.29) is 16.8 Å². The molecule has 1 fully saturated rings. The van der Waals surface area contributed by atoms with Crippen molar-refractivity contribution < 1.29 is 22.7 Å². The SMILES string of the molecule is CCOc1cc(C(=O)N2CCOCC2)ccc1Nc1ncc(Br)c(Nc2ccccc2S(=O)(=O)NC)n1. The number of ether oxygens (including phenoxy) is 2. The Morgan fingerprint density at radius 1 is 1.14 bits per heavy atom. The third-order valence-corrected chi connectivity index (χ3v) is 7.57. The molecule has 0 spiro atoms. The van der Waals surface area contributed by atoms with E-state index in [2.05, 4.69) is 41.3 Å². The summed E-state index contributed by atoms with van der Waals surface area (Å²) in [5.41, 5.74) is 1.44. The number of hydrogen-bond acceptors (Lipinski definition) is 9. The first-order valence-corrected chi connectivity index (χ1v) is 13.8. The lowest BCUT2D eigenvalue weighted by Crippen LogP contribution is -2.40. The lowest BCUT2D eigenvalue weighted by atomic mass is 10.1. The molecule has 11 nitrogen and oxygen atoms in total. The number of carbonyl (C=O) groups is 1. The summed E-state index contributed by atoms with van der Waals surface area (Å²) >= 11 is 3.41. The number of aromatic nitrogens is 2. The molecule has 1 aliphatic heterocycles. The number of hydrogen-bond donors (Lipinski definition) is 3. The van der Waals surface area contributed by atoms with Crippen molar-refractivity contribution in [1.82, 2.24) is 19.6 Å². The lowest BCUT2D eigenvalue weighted by molar-refractivity contribution is 0.0302. The number of halogens is 1. The maximum absolute atomic E-state index is 12.9. The van der Waals surface area contributed by atoms with Gasteiger partial charge in [-0.3, -0.25) is 4.79 Å².